The summed E-state index contributed by atoms with van der Waals surface area (Å²) in [6, 6.07) is 0. The average molecular weight is 236 g/mol. The quantitative estimate of drug-likeness (QED) is 0.737. The molecule has 0 atom stereocenters. The molecule has 3 nitrogen and oxygen atoms in total. The molecule has 2 saturated heterocycles. The molecule has 16 heavy (non-hydrogen) atoms. The van der Waals surface area contributed by atoms with Crippen molar-refractivity contribution in [2.75, 3.05) is 26.2 Å². The molecule has 0 saturated carbocycles. The molecule has 0 aromatic rings. The third-order valence-electron chi connectivity index (χ3n) is 3.40. The van der Waals surface area contributed by atoms with Gasteiger partial charge in [-0.15, -0.1) is 0 Å². The van der Waals surface area contributed by atoms with E-state index in [2.05, 4.69) is 5.32 Å². The van der Waals surface area contributed by atoms with Crippen LogP contribution in [0, 0.1) is 11.8 Å². The van der Waals surface area contributed by atoms with Crippen molar-refractivity contribution in [3.8, 4) is 0 Å². The molecule has 0 aromatic carbocycles. The number of hydrogen-bond donors (Lipinski definition) is 1. The molecule has 6 heteroatoms. The van der Waals surface area contributed by atoms with Crippen LogP contribution in [-0.4, -0.2) is 43.2 Å². The summed E-state index contributed by atoms with van der Waals surface area (Å²) in [6.45, 7) is 1.83. The van der Waals surface area contributed by atoms with E-state index in [9.17, 15) is 18.0 Å². The highest BCUT2D eigenvalue weighted by Crippen LogP contribution is 2.34. The van der Waals surface area contributed by atoms with Crippen molar-refractivity contribution in [1.29, 1.82) is 0 Å². The number of nitrogens with one attached hydrogen (secondary N) is 1. The zero-order valence-corrected chi connectivity index (χ0v) is 8.89. The third kappa shape index (κ3) is 2.31. The van der Waals surface area contributed by atoms with Crippen molar-refractivity contribution >= 4 is 5.91 Å². The van der Waals surface area contributed by atoms with Gasteiger partial charge in [0.05, 0.1) is 11.8 Å². The van der Waals surface area contributed by atoms with Gasteiger partial charge in [0, 0.05) is 26.2 Å². The Labute approximate surface area is 92.0 Å². The molecular formula is C10H15F3N2O. The van der Waals surface area contributed by atoms with E-state index in [0.29, 0.717) is 13.1 Å². The van der Waals surface area contributed by atoms with E-state index in [-0.39, 0.29) is 37.8 Å². The van der Waals surface area contributed by atoms with Gasteiger partial charge in [-0.3, -0.25) is 4.79 Å². The maximum Gasteiger partial charge on any atom is 0.391 e. The van der Waals surface area contributed by atoms with E-state index < -0.39 is 12.1 Å². The molecule has 0 bridgehead atoms. The monoisotopic (exact) mass is 236 g/mol. The van der Waals surface area contributed by atoms with Crippen LogP contribution in [0.4, 0.5) is 13.2 Å². The van der Waals surface area contributed by atoms with E-state index in [1.807, 2.05) is 0 Å². The fourth-order valence-corrected chi connectivity index (χ4v) is 2.15. The Hall–Kier alpha value is -0.780. The largest absolute Gasteiger partial charge is 0.391 e. The molecule has 2 fully saturated rings. The lowest BCUT2D eigenvalue weighted by molar-refractivity contribution is -0.187. The number of carbonyl (C=O) groups is 1. The number of halogens is 3. The normalized spacial score (nSPS) is 24.3. The summed E-state index contributed by atoms with van der Waals surface area (Å²) in [7, 11) is 0. The number of rotatable bonds is 1. The highest BCUT2D eigenvalue weighted by Gasteiger charge is 2.42. The Balaban J connectivity index is 1.82. The highest BCUT2D eigenvalue weighted by molar-refractivity contribution is 5.80. The zero-order chi connectivity index (χ0) is 11.8. The minimum Gasteiger partial charge on any atom is -0.342 e. The number of hydrogen-bond acceptors (Lipinski definition) is 2. The number of alkyl halides is 3. The predicted octanol–water partition coefficient (Wildman–Crippen LogP) is 1.01. The van der Waals surface area contributed by atoms with Crippen molar-refractivity contribution < 1.29 is 18.0 Å². The van der Waals surface area contributed by atoms with E-state index in [0.717, 1.165) is 0 Å². The highest BCUT2D eigenvalue weighted by atomic mass is 19.4. The van der Waals surface area contributed by atoms with Crippen LogP contribution in [0.1, 0.15) is 12.8 Å². The van der Waals surface area contributed by atoms with Crippen LogP contribution >= 0.6 is 0 Å². The van der Waals surface area contributed by atoms with Crippen LogP contribution in [0.3, 0.4) is 0 Å². The van der Waals surface area contributed by atoms with Crippen LogP contribution in [-0.2, 0) is 4.79 Å². The van der Waals surface area contributed by atoms with Gasteiger partial charge in [0.15, 0.2) is 0 Å². The van der Waals surface area contributed by atoms with Gasteiger partial charge in [0.1, 0.15) is 0 Å². The average Bonchev–Trinajstić information content (AvgIpc) is 2.14. The van der Waals surface area contributed by atoms with Crippen LogP contribution in [0.15, 0.2) is 0 Å². The third-order valence-corrected chi connectivity index (χ3v) is 3.40. The lowest BCUT2D eigenvalue weighted by atomic mass is 9.94. The van der Waals surface area contributed by atoms with Crippen LogP contribution in [0.25, 0.3) is 0 Å². The van der Waals surface area contributed by atoms with Crippen LogP contribution in [0.5, 0.6) is 0 Å². The SMILES string of the molecule is O=C(C1CNC1)N1CCC(C(F)(F)F)CC1. The lowest BCUT2D eigenvalue weighted by Crippen LogP contribution is -2.54. The molecule has 1 amide bonds. The second-order valence-corrected chi connectivity index (χ2v) is 4.50. The summed E-state index contributed by atoms with van der Waals surface area (Å²) < 4.78 is 37.2. The van der Waals surface area contributed by atoms with Crippen molar-refractivity contribution in [2.45, 2.75) is 19.0 Å². The first-order valence-electron chi connectivity index (χ1n) is 5.54. The number of likely N-dealkylation sites (tertiary alicyclic amines) is 1. The number of nitrogens with zero attached hydrogens (tertiary/aromatic N) is 1. The Morgan fingerprint density at radius 2 is 1.75 bits per heavy atom. The maximum absolute atomic E-state index is 12.4. The van der Waals surface area contributed by atoms with Gasteiger partial charge in [0.25, 0.3) is 0 Å². The first-order chi connectivity index (χ1) is 7.48. The van der Waals surface area contributed by atoms with Crippen molar-refractivity contribution in [3.05, 3.63) is 0 Å². The Bertz CT molecular complexity index is 268. The topological polar surface area (TPSA) is 32.3 Å². The molecular weight excluding hydrogens is 221 g/mol. The molecule has 0 aliphatic carbocycles. The van der Waals surface area contributed by atoms with Crippen molar-refractivity contribution in [2.24, 2.45) is 11.8 Å². The van der Waals surface area contributed by atoms with Crippen LogP contribution in [0.2, 0.25) is 0 Å². The molecule has 0 radical (unpaired) electrons. The van der Waals surface area contributed by atoms with Gasteiger partial charge in [-0.2, -0.15) is 13.2 Å². The van der Waals surface area contributed by atoms with Crippen molar-refractivity contribution in [3.63, 3.8) is 0 Å². The fraction of sp³-hybridized carbons (Fsp3) is 0.900. The van der Waals surface area contributed by atoms with Gasteiger partial charge in [-0.1, -0.05) is 0 Å². The van der Waals surface area contributed by atoms with Gasteiger partial charge in [-0.05, 0) is 12.8 Å². The molecule has 92 valence electrons. The molecule has 2 rings (SSSR count). The standard InChI is InChI=1S/C10H15F3N2O/c11-10(12,13)8-1-3-15(4-2-8)9(16)7-5-14-6-7/h7-8,14H,1-6H2. The molecule has 0 unspecified atom stereocenters. The number of amides is 1. The molecule has 2 aliphatic heterocycles. The summed E-state index contributed by atoms with van der Waals surface area (Å²) in [6.07, 6.45) is -4.00. The molecule has 2 aliphatic rings. The van der Waals surface area contributed by atoms with E-state index in [1.165, 1.54) is 0 Å². The summed E-state index contributed by atoms with van der Waals surface area (Å²) in [5.74, 6) is -1.22. The Morgan fingerprint density at radius 3 is 2.12 bits per heavy atom. The summed E-state index contributed by atoms with van der Waals surface area (Å²) in [5, 5.41) is 2.99. The second-order valence-electron chi connectivity index (χ2n) is 4.50. The molecule has 1 N–H and O–H groups in total. The maximum atomic E-state index is 12.4. The second kappa shape index (κ2) is 4.24. The molecule has 0 aromatic heterocycles. The molecule has 0 spiro atoms. The molecule has 2 heterocycles. The smallest absolute Gasteiger partial charge is 0.342 e. The first kappa shape index (κ1) is 11.7. The number of piperidine rings is 1. The predicted molar refractivity (Wildman–Crippen MR) is 51.7 cm³/mol. The Kier molecular flexibility index (Phi) is 3.10. The van der Waals surface area contributed by atoms with Gasteiger partial charge >= 0.3 is 6.18 Å². The number of carbonyl (C=O) groups excluding carboxylic acids is 1. The lowest BCUT2D eigenvalue weighted by Gasteiger charge is -2.37. The summed E-state index contributed by atoms with van der Waals surface area (Å²) >= 11 is 0. The van der Waals surface area contributed by atoms with Crippen LogP contribution < -0.4 is 5.32 Å². The zero-order valence-electron chi connectivity index (χ0n) is 8.89. The van der Waals surface area contributed by atoms with E-state index in [4.69, 9.17) is 0 Å². The van der Waals surface area contributed by atoms with Crippen molar-refractivity contribution in [1.82, 2.24) is 10.2 Å². The first-order valence-corrected chi connectivity index (χ1v) is 5.54. The van der Waals surface area contributed by atoms with E-state index >= 15 is 0 Å². The summed E-state index contributed by atoms with van der Waals surface area (Å²) in [5.41, 5.74) is 0. The fourth-order valence-electron chi connectivity index (χ4n) is 2.15. The Morgan fingerprint density at radius 1 is 1.19 bits per heavy atom. The minimum absolute atomic E-state index is 0.0116. The van der Waals surface area contributed by atoms with Gasteiger partial charge < -0.3 is 10.2 Å². The van der Waals surface area contributed by atoms with Gasteiger partial charge in [-0.25, -0.2) is 0 Å². The minimum atomic E-state index is -4.10. The summed E-state index contributed by atoms with van der Waals surface area (Å²) in [4.78, 5) is 13.3. The van der Waals surface area contributed by atoms with E-state index in [1.54, 1.807) is 4.90 Å². The van der Waals surface area contributed by atoms with Gasteiger partial charge in [0.2, 0.25) is 5.91 Å².